The van der Waals surface area contributed by atoms with Crippen molar-refractivity contribution in [3.63, 3.8) is 0 Å². The van der Waals surface area contributed by atoms with Crippen LogP contribution < -0.4 is 0 Å². The number of hydrogen-bond acceptors (Lipinski definition) is 4. The number of ether oxygens (including phenoxy) is 2. The number of hydrogen-bond donors (Lipinski definition) is 0. The highest BCUT2D eigenvalue weighted by Crippen LogP contribution is 1.80. The third kappa shape index (κ3) is 7.84. The van der Waals surface area contributed by atoms with Crippen LogP contribution in [0.25, 0.3) is 0 Å². The van der Waals surface area contributed by atoms with Crippen molar-refractivity contribution in [1.82, 2.24) is 5.06 Å². The molecule has 0 saturated heterocycles. The molecule has 0 bridgehead atoms. The Bertz CT molecular complexity index is 68.0. The van der Waals surface area contributed by atoms with E-state index in [2.05, 4.69) is 0 Å². The first-order chi connectivity index (χ1) is 4.77. The summed E-state index contributed by atoms with van der Waals surface area (Å²) in [7, 11) is 1.42. The van der Waals surface area contributed by atoms with E-state index in [0.717, 1.165) is 5.06 Å². The van der Waals surface area contributed by atoms with Gasteiger partial charge < -0.3 is 19.7 Å². The van der Waals surface area contributed by atoms with Crippen LogP contribution in [0.1, 0.15) is 6.92 Å². The van der Waals surface area contributed by atoms with Crippen LogP contribution in [0, 0.1) is 5.21 Å². The van der Waals surface area contributed by atoms with Crippen LogP contribution in [0.4, 0.5) is 0 Å². The summed E-state index contributed by atoms with van der Waals surface area (Å²) in [6.07, 6.45) is 0. The molecule has 0 amide bonds. The Morgan fingerprint density at radius 2 is 1.90 bits per heavy atom. The summed E-state index contributed by atoms with van der Waals surface area (Å²) in [5, 5.41) is 11.0. The Kier molecular flexibility index (Phi) is 6.84. The van der Waals surface area contributed by atoms with E-state index in [1.807, 2.05) is 6.92 Å². The molecule has 0 aromatic heterocycles. The van der Waals surface area contributed by atoms with Gasteiger partial charge in [0.1, 0.15) is 0 Å². The molecule has 0 N–H and O–H groups in total. The van der Waals surface area contributed by atoms with Crippen molar-refractivity contribution in [1.29, 1.82) is 0 Å². The van der Waals surface area contributed by atoms with E-state index in [1.165, 1.54) is 7.05 Å². The van der Waals surface area contributed by atoms with Crippen molar-refractivity contribution < 1.29 is 9.47 Å². The van der Waals surface area contributed by atoms with Gasteiger partial charge in [-0.15, -0.1) is 0 Å². The number of nitrogens with zero attached hydrogens (tertiary/aromatic N) is 1. The van der Waals surface area contributed by atoms with E-state index in [0.29, 0.717) is 19.8 Å². The molecule has 0 aliphatic rings. The molecule has 0 aliphatic heterocycles. The van der Waals surface area contributed by atoms with Gasteiger partial charge >= 0.3 is 0 Å². The first-order valence-electron chi connectivity index (χ1n) is 3.31. The van der Waals surface area contributed by atoms with Crippen molar-refractivity contribution in [3.05, 3.63) is 5.21 Å². The average molecular weight is 148 g/mol. The molecule has 0 aliphatic carbocycles. The molecule has 0 aromatic rings. The zero-order valence-corrected chi connectivity index (χ0v) is 6.50. The van der Waals surface area contributed by atoms with Crippen molar-refractivity contribution in [3.8, 4) is 0 Å². The summed E-state index contributed by atoms with van der Waals surface area (Å²) in [6.45, 7) is 3.77. The van der Waals surface area contributed by atoms with Gasteiger partial charge in [0, 0.05) is 6.61 Å². The van der Waals surface area contributed by atoms with Crippen LogP contribution in [0.3, 0.4) is 0 Å². The number of rotatable bonds is 6. The quantitative estimate of drug-likeness (QED) is 0.311. The molecule has 4 nitrogen and oxygen atoms in total. The Hall–Kier alpha value is -0.160. The largest absolute Gasteiger partial charge is 0.784 e. The molecule has 62 valence electrons. The van der Waals surface area contributed by atoms with Crippen LogP contribution in [0.5, 0.6) is 0 Å². The summed E-state index contributed by atoms with van der Waals surface area (Å²) >= 11 is 0. The zero-order chi connectivity index (χ0) is 7.82. The molecule has 4 heteroatoms. The zero-order valence-electron chi connectivity index (χ0n) is 6.50. The smallest absolute Gasteiger partial charge is 0.0876 e. The lowest BCUT2D eigenvalue weighted by atomic mass is 10.7. The van der Waals surface area contributed by atoms with Gasteiger partial charge in [-0.1, -0.05) is 0 Å². The van der Waals surface area contributed by atoms with E-state index in [-0.39, 0.29) is 6.73 Å². The third-order valence-electron chi connectivity index (χ3n) is 0.849. The summed E-state index contributed by atoms with van der Waals surface area (Å²) in [4.78, 5) is 0. The van der Waals surface area contributed by atoms with E-state index in [9.17, 15) is 5.21 Å². The molecule has 0 saturated carbocycles. The minimum Gasteiger partial charge on any atom is -0.784 e. The Labute approximate surface area is 61.3 Å². The lowest BCUT2D eigenvalue weighted by Crippen LogP contribution is -2.16. The highest BCUT2D eigenvalue weighted by Gasteiger charge is 1.85. The molecular weight excluding hydrogens is 134 g/mol. The van der Waals surface area contributed by atoms with Gasteiger partial charge in [0.05, 0.1) is 19.9 Å². The summed E-state index contributed by atoms with van der Waals surface area (Å²) < 4.78 is 9.86. The maximum Gasteiger partial charge on any atom is 0.0876 e. The fraction of sp³-hybridized carbons (Fsp3) is 1.00. The van der Waals surface area contributed by atoms with Gasteiger partial charge in [0.25, 0.3) is 0 Å². The van der Waals surface area contributed by atoms with Crippen molar-refractivity contribution in [2.75, 3.05) is 33.6 Å². The number of hydroxylamine groups is 2. The predicted molar refractivity (Wildman–Crippen MR) is 38.4 cm³/mol. The van der Waals surface area contributed by atoms with Crippen molar-refractivity contribution in [2.24, 2.45) is 0 Å². The normalized spacial score (nSPS) is 10.8. The van der Waals surface area contributed by atoms with Crippen molar-refractivity contribution >= 4 is 0 Å². The molecule has 0 heterocycles. The second-order valence-electron chi connectivity index (χ2n) is 1.86. The molecule has 0 fully saturated rings. The SMILES string of the molecule is CCOCCOCN(C)[O-]. The molecule has 0 aromatic carbocycles. The molecule has 0 unspecified atom stereocenters. The van der Waals surface area contributed by atoms with E-state index in [1.54, 1.807) is 0 Å². The first-order valence-corrected chi connectivity index (χ1v) is 3.31. The molecule has 0 radical (unpaired) electrons. The monoisotopic (exact) mass is 148 g/mol. The van der Waals surface area contributed by atoms with Crippen LogP contribution >= 0.6 is 0 Å². The maximum atomic E-state index is 10.2. The summed E-state index contributed by atoms with van der Waals surface area (Å²) in [5.74, 6) is 0. The molecule has 0 spiro atoms. The average Bonchev–Trinajstić information content (AvgIpc) is 1.87. The Morgan fingerprint density at radius 3 is 2.40 bits per heavy atom. The Morgan fingerprint density at radius 1 is 1.30 bits per heavy atom. The molecular formula is C6H14NO3-. The highest BCUT2D eigenvalue weighted by atomic mass is 16.6. The van der Waals surface area contributed by atoms with E-state index >= 15 is 0 Å². The fourth-order valence-corrected chi connectivity index (χ4v) is 0.455. The van der Waals surface area contributed by atoms with Gasteiger partial charge in [-0.05, 0) is 14.0 Å². The second-order valence-corrected chi connectivity index (χ2v) is 1.86. The van der Waals surface area contributed by atoms with Gasteiger partial charge in [0.2, 0.25) is 0 Å². The van der Waals surface area contributed by atoms with Crippen LogP contribution in [0.2, 0.25) is 0 Å². The van der Waals surface area contributed by atoms with Crippen LogP contribution in [-0.4, -0.2) is 38.7 Å². The van der Waals surface area contributed by atoms with Gasteiger partial charge in [-0.2, -0.15) is 0 Å². The standard InChI is InChI=1S/C6H14NO3/c1-3-9-4-5-10-6-7(2)8/h3-6H2,1-2H3/q-1. The van der Waals surface area contributed by atoms with Gasteiger partial charge in [-0.3, -0.25) is 0 Å². The highest BCUT2D eigenvalue weighted by molar-refractivity contribution is 4.37. The first kappa shape index (κ1) is 9.84. The summed E-state index contributed by atoms with van der Waals surface area (Å²) in [6, 6.07) is 0. The molecule has 0 rings (SSSR count). The van der Waals surface area contributed by atoms with Gasteiger partial charge in [-0.25, -0.2) is 0 Å². The predicted octanol–water partition coefficient (Wildman–Crippen LogP) is 0.427. The minimum absolute atomic E-state index is 0.118. The lowest BCUT2D eigenvalue weighted by Gasteiger charge is -2.21. The Balaban J connectivity index is 2.77. The van der Waals surface area contributed by atoms with Gasteiger partial charge in [0.15, 0.2) is 0 Å². The fourth-order valence-electron chi connectivity index (χ4n) is 0.455. The third-order valence-corrected chi connectivity index (χ3v) is 0.849. The lowest BCUT2D eigenvalue weighted by molar-refractivity contribution is 0.0188. The minimum atomic E-state index is 0.118. The van der Waals surface area contributed by atoms with E-state index in [4.69, 9.17) is 9.47 Å². The van der Waals surface area contributed by atoms with E-state index < -0.39 is 0 Å². The maximum absolute atomic E-state index is 10.2. The molecule has 10 heavy (non-hydrogen) atoms. The van der Waals surface area contributed by atoms with Crippen molar-refractivity contribution in [2.45, 2.75) is 6.92 Å². The molecule has 0 atom stereocenters. The summed E-state index contributed by atoms with van der Waals surface area (Å²) in [5.41, 5.74) is 0. The second kappa shape index (κ2) is 6.95. The van der Waals surface area contributed by atoms with Crippen LogP contribution in [0.15, 0.2) is 0 Å². The van der Waals surface area contributed by atoms with Crippen LogP contribution in [-0.2, 0) is 9.47 Å². The topological polar surface area (TPSA) is 44.8 Å².